The van der Waals surface area contributed by atoms with E-state index in [4.69, 9.17) is 4.74 Å². The van der Waals surface area contributed by atoms with Crippen LogP contribution in [0.5, 0.6) is 11.5 Å². The maximum atomic E-state index is 9.40. The molecular weight excluding hydrogens is 248 g/mol. The van der Waals surface area contributed by atoms with Crippen molar-refractivity contribution in [2.24, 2.45) is 0 Å². The molecule has 0 unspecified atom stereocenters. The third-order valence-electron chi connectivity index (χ3n) is 3.54. The van der Waals surface area contributed by atoms with Crippen LogP contribution < -0.4 is 4.74 Å². The lowest BCUT2D eigenvalue weighted by atomic mass is 9.78. The van der Waals surface area contributed by atoms with E-state index < -0.39 is 0 Å². The second kappa shape index (κ2) is 5.58. The first-order chi connectivity index (χ1) is 9.39. The van der Waals surface area contributed by atoms with E-state index in [1.165, 1.54) is 11.1 Å². The molecule has 2 aromatic carbocycles. The molecule has 0 aromatic heterocycles. The van der Waals surface area contributed by atoms with Gasteiger partial charge in [-0.05, 0) is 49.2 Å². The van der Waals surface area contributed by atoms with Gasteiger partial charge in [-0.3, -0.25) is 0 Å². The lowest BCUT2D eigenvalue weighted by Crippen LogP contribution is -2.18. The van der Waals surface area contributed by atoms with E-state index in [1.54, 1.807) is 12.1 Å². The highest BCUT2D eigenvalue weighted by Crippen LogP contribution is 2.33. The quantitative estimate of drug-likeness (QED) is 0.886. The van der Waals surface area contributed by atoms with Crippen molar-refractivity contribution in [2.75, 3.05) is 0 Å². The van der Waals surface area contributed by atoms with Gasteiger partial charge in [-0.25, -0.2) is 0 Å². The monoisotopic (exact) mass is 270 g/mol. The van der Waals surface area contributed by atoms with E-state index in [0.29, 0.717) is 5.75 Å². The molecule has 0 aliphatic carbocycles. The van der Waals surface area contributed by atoms with Gasteiger partial charge in [-0.15, -0.1) is 0 Å². The summed E-state index contributed by atoms with van der Waals surface area (Å²) in [6, 6.07) is 15.6. The van der Waals surface area contributed by atoms with Gasteiger partial charge in [0, 0.05) is 5.41 Å². The van der Waals surface area contributed by atoms with Crippen molar-refractivity contribution in [2.45, 2.75) is 39.2 Å². The molecule has 0 atom stereocenters. The molecular formula is C18H22O2. The van der Waals surface area contributed by atoms with Crippen molar-refractivity contribution >= 4 is 0 Å². The number of phenolic OH excluding ortho intramolecular Hbond substituents is 1. The molecule has 0 heterocycles. The van der Waals surface area contributed by atoms with Crippen molar-refractivity contribution in [3.63, 3.8) is 0 Å². The van der Waals surface area contributed by atoms with Crippen LogP contribution in [0.2, 0.25) is 0 Å². The van der Waals surface area contributed by atoms with Gasteiger partial charge in [0.05, 0.1) is 6.10 Å². The number of hydrogen-bond donors (Lipinski definition) is 1. The molecule has 2 nitrogen and oxygen atoms in total. The van der Waals surface area contributed by atoms with Gasteiger partial charge in [-0.1, -0.05) is 38.1 Å². The SMILES string of the molecule is CC(C)Oc1ccc(C(C)(C)c2ccc(O)cc2)cc1. The molecule has 1 N–H and O–H groups in total. The molecule has 0 fully saturated rings. The Morgan fingerprint density at radius 1 is 0.850 bits per heavy atom. The van der Waals surface area contributed by atoms with E-state index in [-0.39, 0.29) is 11.5 Å². The lowest BCUT2D eigenvalue weighted by molar-refractivity contribution is 0.242. The first kappa shape index (κ1) is 14.4. The average Bonchev–Trinajstić information content (AvgIpc) is 2.39. The molecule has 2 rings (SSSR count). The molecule has 0 saturated heterocycles. The van der Waals surface area contributed by atoms with E-state index in [0.717, 1.165) is 5.75 Å². The molecule has 20 heavy (non-hydrogen) atoms. The number of aromatic hydroxyl groups is 1. The van der Waals surface area contributed by atoms with Crippen LogP contribution in [-0.4, -0.2) is 11.2 Å². The Bertz CT molecular complexity index is 551. The van der Waals surface area contributed by atoms with Gasteiger partial charge < -0.3 is 9.84 Å². The Hall–Kier alpha value is -1.96. The second-order valence-corrected chi connectivity index (χ2v) is 5.86. The van der Waals surface area contributed by atoms with Crippen molar-refractivity contribution in [1.29, 1.82) is 0 Å². The molecule has 0 aliphatic heterocycles. The number of ether oxygens (including phenoxy) is 1. The van der Waals surface area contributed by atoms with Crippen molar-refractivity contribution in [3.8, 4) is 11.5 Å². The summed E-state index contributed by atoms with van der Waals surface area (Å²) in [5.74, 6) is 1.19. The first-order valence-corrected chi connectivity index (χ1v) is 6.96. The summed E-state index contributed by atoms with van der Waals surface area (Å²) in [6.07, 6.45) is 0.186. The predicted molar refractivity (Wildman–Crippen MR) is 82.4 cm³/mol. The third kappa shape index (κ3) is 3.13. The predicted octanol–water partition coefficient (Wildman–Crippen LogP) is 4.51. The maximum absolute atomic E-state index is 9.40. The van der Waals surface area contributed by atoms with Crippen molar-refractivity contribution in [3.05, 3.63) is 59.7 Å². The van der Waals surface area contributed by atoms with E-state index in [1.807, 2.05) is 38.1 Å². The van der Waals surface area contributed by atoms with Crippen LogP contribution in [0, 0.1) is 0 Å². The fourth-order valence-corrected chi connectivity index (χ4v) is 2.27. The molecule has 106 valence electrons. The molecule has 2 heteroatoms. The summed E-state index contributed by atoms with van der Waals surface area (Å²) >= 11 is 0. The molecule has 0 radical (unpaired) electrons. The zero-order valence-corrected chi connectivity index (χ0v) is 12.6. The van der Waals surface area contributed by atoms with Crippen LogP contribution in [0.4, 0.5) is 0 Å². The first-order valence-electron chi connectivity index (χ1n) is 6.96. The minimum absolute atomic E-state index is 0.107. The minimum Gasteiger partial charge on any atom is -0.508 e. The van der Waals surface area contributed by atoms with Gasteiger partial charge in [0.25, 0.3) is 0 Å². The zero-order valence-electron chi connectivity index (χ0n) is 12.6. The molecule has 0 aliphatic rings. The van der Waals surface area contributed by atoms with Gasteiger partial charge >= 0.3 is 0 Å². The van der Waals surface area contributed by atoms with Crippen LogP contribution in [0.15, 0.2) is 48.5 Å². The average molecular weight is 270 g/mol. The number of phenols is 1. The largest absolute Gasteiger partial charge is 0.508 e. The summed E-state index contributed by atoms with van der Waals surface area (Å²) in [6.45, 7) is 8.40. The van der Waals surface area contributed by atoms with Gasteiger partial charge in [0.15, 0.2) is 0 Å². The highest BCUT2D eigenvalue weighted by atomic mass is 16.5. The minimum atomic E-state index is -0.107. The van der Waals surface area contributed by atoms with Crippen LogP contribution in [0.1, 0.15) is 38.8 Å². The van der Waals surface area contributed by atoms with Gasteiger partial charge in [-0.2, -0.15) is 0 Å². The highest BCUT2D eigenvalue weighted by Gasteiger charge is 2.23. The van der Waals surface area contributed by atoms with Crippen LogP contribution >= 0.6 is 0 Å². The molecule has 0 spiro atoms. The summed E-state index contributed by atoms with van der Waals surface area (Å²) < 4.78 is 5.67. The van der Waals surface area contributed by atoms with Crippen LogP contribution in [0.3, 0.4) is 0 Å². The smallest absolute Gasteiger partial charge is 0.119 e. The summed E-state index contributed by atoms with van der Waals surface area (Å²) in [4.78, 5) is 0. The highest BCUT2D eigenvalue weighted by molar-refractivity contribution is 5.41. The Balaban J connectivity index is 2.27. The topological polar surface area (TPSA) is 29.5 Å². The maximum Gasteiger partial charge on any atom is 0.119 e. The van der Waals surface area contributed by atoms with E-state index in [2.05, 4.69) is 26.0 Å². The Morgan fingerprint density at radius 2 is 1.30 bits per heavy atom. The molecule has 0 saturated carbocycles. The number of hydrogen-bond acceptors (Lipinski definition) is 2. The van der Waals surface area contributed by atoms with Gasteiger partial charge in [0.2, 0.25) is 0 Å². The normalized spacial score (nSPS) is 11.7. The van der Waals surface area contributed by atoms with Crippen molar-refractivity contribution in [1.82, 2.24) is 0 Å². The summed E-state index contributed by atoms with van der Waals surface area (Å²) in [5, 5.41) is 9.40. The Kier molecular flexibility index (Phi) is 4.03. The van der Waals surface area contributed by atoms with Crippen LogP contribution in [-0.2, 0) is 5.41 Å². The van der Waals surface area contributed by atoms with Crippen LogP contribution in [0.25, 0.3) is 0 Å². The second-order valence-electron chi connectivity index (χ2n) is 5.86. The Labute approximate surface area is 121 Å². The molecule has 0 amide bonds. The summed E-state index contributed by atoms with van der Waals surface area (Å²) in [7, 11) is 0. The van der Waals surface area contributed by atoms with E-state index >= 15 is 0 Å². The van der Waals surface area contributed by atoms with Gasteiger partial charge in [0.1, 0.15) is 11.5 Å². The fraction of sp³-hybridized carbons (Fsp3) is 0.333. The standard InChI is InChI=1S/C18H22O2/c1-13(2)20-17-11-7-15(8-12-17)18(3,4)14-5-9-16(19)10-6-14/h5-13,19H,1-4H3. The Morgan fingerprint density at radius 3 is 1.75 bits per heavy atom. The zero-order chi connectivity index (χ0) is 14.8. The number of rotatable bonds is 4. The third-order valence-corrected chi connectivity index (χ3v) is 3.54. The molecule has 0 bridgehead atoms. The fourth-order valence-electron chi connectivity index (χ4n) is 2.27. The van der Waals surface area contributed by atoms with E-state index in [9.17, 15) is 5.11 Å². The summed E-state index contributed by atoms with van der Waals surface area (Å²) in [5.41, 5.74) is 2.29. The van der Waals surface area contributed by atoms with Crippen molar-refractivity contribution < 1.29 is 9.84 Å². The lowest BCUT2D eigenvalue weighted by Gasteiger charge is -2.26. The molecule has 2 aromatic rings. The number of benzene rings is 2.